The molecule has 0 aromatic heterocycles. The van der Waals surface area contributed by atoms with Crippen molar-refractivity contribution < 1.29 is 52.7 Å². The minimum atomic E-state index is -6.31. The first kappa shape index (κ1) is 21.4. The lowest BCUT2D eigenvalue weighted by atomic mass is 9.84. The summed E-state index contributed by atoms with van der Waals surface area (Å²) in [6.07, 6.45) is -25.5. The van der Waals surface area contributed by atoms with E-state index in [-0.39, 0.29) is 6.92 Å². The molecule has 0 fully saturated rings. The molecule has 25 heavy (non-hydrogen) atoms. The maximum atomic E-state index is 13.1. The summed E-state index contributed by atoms with van der Waals surface area (Å²) in [5, 5.41) is 0. The van der Waals surface area contributed by atoms with E-state index in [0.29, 0.717) is 0 Å². The third-order valence-electron chi connectivity index (χ3n) is 3.37. The minimum Gasteiger partial charge on any atom is -0.166 e. The molecule has 12 heteroatoms. The summed E-state index contributed by atoms with van der Waals surface area (Å²) in [5.74, 6) is 0. The quantitative estimate of drug-likeness (QED) is 0.471. The molecule has 0 radical (unpaired) electrons. The number of rotatable bonds is 1. The molecule has 0 spiro atoms. The van der Waals surface area contributed by atoms with E-state index in [1.54, 1.807) is 0 Å². The Kier molecular flexibility index (Phi) is 5.12. The second kappa shape index (κ2) is 5.97. The average molecular weight is 392 g/mol. The smallest absolute Gasteiger partial charge is 0.166 e. The van der Waals surface area contributed by atoms with Gasteiger partial charge in [-0.25, -0.2) is 0 Å². The Bertz CT molecular complexity index is 654. The van der Waals surface area contributed by atoms with Gasteiger partial charge in [-0.1, -0.05) is 6.92 Å². The van der Waals surface area contributed by atoms with Gasteiger partial charge in [0.1, 0.15) is 0 Å². The fourth-order valence-electron chi connectivity index (χ4n) is 2.60. The molecule has 144 valence electrons. The Morgan fingerprint density at radius 1 is 0.520 bits per heavy atom. The van der Waals surface area contributed by atoms with E-state index >= 15 is 0 Å². The van der Waals surface area contributed by atoms with Crippen LogP contribution in [0.4, 0.5) is 52.7 Å². The van der Waals surface area contributed by atoms with Gasteiger partial charge in [-0.2, -0.15) is 52.7 Å². The van der Waals surface area contributed by atoms with Crippen LogP contribution in [0, 0.1) is 6.92 Å². The van der Waals surface area contributed by atoms with Gasteiger partial charge >= 0.3 is 24.7 Å². The Labute approximate surface area is 132 Å². The van der Waals surface area contributed by atoms with Crippen LogP contribution in [0.2, 0.25) is 0 Å². The van der Waals surface area contributed by atoms with Crippen LogP contribution in [0.25, 0.3) is 0 Å². The number of halogens is 12. The predicted octanol–water partition coefficient (Wildman–Crippen LogP) is 6.63. The van der Waals surface area contributed by atoms with Crippen molar-refractivity contribution in [3.8, 4) is 0 Å². The highest BCUT2D eigenvalue weighted by atomic mass is 19.4. The first-order valence-electron chi connectivity index (χ1n) is 6.33. The van der Waals surface area contributed by atoms with Gasteiger partial charge in [0.05, 0.1) is 22.3 Å². The third kappa shape index (κ3) is 3.97. The summed E-state index contributed by atoms with van der Waals surface area (Å²) < 4.78 is 156. The van der Waals surface area contributed by atoms with Gasteiger partial charge in [0, 0.05) is 0 Å². The van der Waals surface area contributed by atoms with Crippen LogP contribution in [0.15, 0.2) is 0 Å². The van der Waals surface area contributed by atoms with E-state index in [4.69, 9.17) is 0 Å². The van der Waals surface area contributed by atoms with Crippen LogP contribution in [-0.2, 0) is 31.1 Å². The second-order valence-electron chi connectivity index (χ2n) is 4.95. The highest BCUT2D eigenvalue weighted by molar-refractivity contribution is 5.56. The first-order valence-corrected chi connectivity index (χ1v) is 6.33. The van der Waals surface area contributed by atoms with Gasteiger partial charge < -0.3 is 0 Å². The molecule has 0 unspecified atom stereocenters. The molecule has 0 nitrogen and oxygen atoms in total. The Balaban J connectivity index is 4.41. The van der Waals surface area contributed by atoms with Gasteiger partial charge in [-0.15, -0.1) is 0 Å². The van der Waals surface area contributed by atoms with Gasteiger partial charge in [0.15, 0.2) is 0 Å². The fourth-order valence-corrected chi connectivity index (χ4v) is 2.60. The normalized spacial score (nSPS) is 14.2. The van der Waals surface area contributed by atoms with Gasteiger partial charge in [-0.05, 0) is 24.5 Å². The van der Waals surface area contributed by atoms with Crippen LogP contribution in [0.5, 0.6) is 0 Å². The van der Waals surface area contributed by atoms with Crippen LogP contribution >= 0.6 is 0 Å². The molecule has 0 heterocycles. The highest BCUT2D eigenvalue weighted by Crippen LogP contribution is 2.53. The molecule has 0 amide bonds. The Morgan fingerprint density at radius 3 is 1.04 bits per heavy atom. The van der Waals surface area contributed by atoms with Crippen LogP contribution in [0.3, 0.4) is 0 Å². The summed E-state index contributed by atoms with van der Waals surface area (Å²) in [6.45, 7) is 1.09. The molecular weight excluding hydrogens is 384 g/mol. The summed E-state index contributed by atoms with van der Waals surface area (Å²) >= 11 is 0. The van der Waals surface area contributed by atoms with Gasteiger partial charge in [0.2, 0.25) is 0 Å². The van der Waals surface area contributed by atoms with Crippen molar-refractivity contribution in [2.45, 2.75) is 45.0 Å². The molecule has 0 saturated carbocycles. The average Bonchev–Trinajstić information content (AvgIpc) is 2.31. The van der Waals surface area contributed by atoms with E-state index < -0.39 is 64.5 Å². The molecule has 0 bridgehead atoms. The lowest BCUT2D eigenvalue weighted by Gasteiger charge is -2.28. The largest absolute Gasteiger partial charge is 0.417 e. The van der Waals surface area contributed by atoms with Crippen LogP contribution in [-0.4, -0.2) is 0 Å². The molecule has 0 N–H and O–H groups in total. The number of hydrogen-bond donors (Lipinski definition) is 0. The third-order valence-corrected chi connectivity index (χ3v) is 3.37. The molecule has 0 aliphatic heterocycles. The zero-order chi connectivity index (χ0) is 20.2. The highest BCUT2D eigenvalue weighted by Gasteiger charge is 2.56. The van der Waals surface area contributed by atoms with E-state index in [9.17, 15) is 52.7 Å². The molecule has 0 aliphatic carbocycles. The molecule has 0 atom stereocenters. The zero-order valence-electron chi connectivity index (χ0n) is 12.2. The van der Waals surface area contributed by atoms with Gasteiger partial charge in [-0.3, -0.25) is 0 Å². The Hall–Kier alpha value is -1.62. The van der Waals surface area contributed by atoms with Crippen molar-refractivity contribution in [2.24, 2.45) is 0 Å². The monoisotopic (exact) mass is 392 g/mol. The topological polar surface area (TPSA) is 0 Å². The van der Waals surface area contributed by atoms with Crippen molar-refractivity contribution in [3.05, 3.63) is 33.4 Å². The number of benzene rings is 1. The van der Waals surface area contributed by atoms with E-state index in [2.05, 4.69) is 0 Å². The van der Waals surface area contributed by atoms with E-state index in [0.717, 1.165) is 6.92 Å². The lowest BCUT2D eigenvalue weighted by molar-refractivity contribution is -0.183. The SMILES string of the molecule is CCc1c(C)c(C(F)(F)F)c(C(F)(F)F)c(C(F)(F)F)c1C(F)(F)F. The molecule has 1 rings (SSSR count). The molecule has 1 aromatic carbocycles. The van der Waals surface area contributed by atoms with E-state index in [1.165, 1.54) is 0 Å². The van der Waals surface area contributed by atoms with Crippen molar-refractivity contribution in [1.29, 1.82) is 0 Å². The first-order chi connectivity index (χ1) is 10.8. The minimum absolute atomic E-state index is 0.284. The number of hydrogen-bond acceptors (Lipinski definition) is 0. The van der Waals surface area contributed by atoms with Gasteiger partial charge in [0.25, 0.3) is 0 Å². The molecular formula is C13H8F12. The zero-order valence-corrected chi connectivity index (χ0v) is 12.2. The van der Waals surface area contributed by atoms with Crippen LogP contribution < -0.4 is 0 Å². The van der Waals surface area contributed by atoms with Crippen LogP contribution in [0.1, 0.15) is 40.3 Å². The summed E-state index contributed by atoms with van der Waals surface area (Å²) in [7, 11) is 0. The maximum absolute atomic E-state index is 13.1. The molecule has 1 aromatic rings. The fraction of sp³-hybridized carbons (Fsp3) is 0.538. The van der Waals surface area contributed by atoms with Crippen molar-refractivity contribution in [1.82, 2.24) is 0 Å². The van der Waals surface area contributed by atoms with E-state index in [1.807, 2.05) is 0 Å². The predicted molar refractivity (Wildman–Crippen MR) is 60.6 cm³/mol. The second-order valence-corrected chi connectivity index (χ2v) is 4.95. The molecule has 0 aliphatic rings. The Morgan fingerprint density at radius 2 is 0.800 bits per heavy atom. The standard InChI is InChI=1S/C13H8F12/c1-3-5-4(2)6(10(14,15)16)8(12(20,21)22)9(13(23,24)25)7(5)11(17,18)19/h3H2,1-2H3. The summed E-state index contributed by atoms with van der Waals surface area (Å²) in [4.78, 5) is 0. The number of alkyl halides is 12. The van der Waals surface area contributed by atoms with Crippen molar-refractivity contribution in [3.63, 3.8) is 0 Å². The molecule has 0 saturated heterocycles. The summed E-state index contributed by atoms with van der Waals surface area (Å²) in [6, 6.07) is 0. The summed E-state index contributed by atoms with van der Waals surface area (Å²) in [5.41, 5.74) is -15.3. The lowest BCUT2D eigenvalue weighted by Crippen LogP contribution is -2.30. The maximum Gasteiger partial charge on any atom is 0.417 e. The van der Waals surface area contributed by atoms with Crippen molar-refractivity contribution >= 4 is 0 Å². The van der Waals surface area contributed by atoms with Crippen molar-refractivity contribution in [2.75, 3.05) is 0 Å².